The predicted molar refractivity (Wildman–Crippen MR) is 87.5 cm³/mol. The van der Waals surface area contributed by atoms with E-state index >= 15 is 0 Å². The Balaban J connectivity index is 0.000000384. The Hall–Kier alpha value is -1.19. The van der Waals surface area contributed by atoms with Crippen molar-refractivity contribution in [1.82, 2.24) is 4.90 Å². The fourth-order valence-corrected chi connectivity index (χ4v) is 2.13. The monoisotopic (exact) mass is 299 g/mol. The Morgan fingerprint density at radius 2 is 1.76 bits per heavy atom. The van der Waals surface area contributed by atoms with Crippen molar-refractivity contribution in [1.29, 1.82) is 0 Å². The molecular formula is C17H33NO3. The molecule has 0 atom stereocenters. The molecule has 0 aromatic heterocycles. The summed E-state index contributed by atoms with van der Waals surface area (Å²) in [6, 6.07) is 0. The van der Waals surface area contributed by atoms with E-state index in [1.165, 1.54) is 37.0 Å². The summed E-state index contributed by atoms with van der Waals surface area (Å²) in [5.41, 5.74) is -0.388. The lowest BCUT2D eigenvalue weighted by molar-refractivity contribution is 0.0341. The summed E-state index contributed by atoms with van der Waals surface area (Å²) < 4.78 is 4.99. The van der Waals surface area contributed by atoms with Gasteiger partial charge in [0.1, 0.15) is 5.60 Å². The smallest absolute Gasteiger partial charge is 0.409 e. The number of allylic oxidation sites excluding steroid dienone is 2. The van der Waals surface area contributed by atoms with Crippen molar-refractivity contribution in [2.45, 2.75) is 71.8 Å². The largest absolute Gasteiger partial charge is 0.512 e. The summed E-state index contributed by atoms with van der Waals surface area (Å²) in [4.78, 5) is 12.3. The topological polar surface area (TPSA) is 49.8 Å². The maximum Gasteiger partial charge on any atom is 0.409 e. The van der Waals surface area contributed by atoms with Gasteiger partial charge in [-0.1, -0.05) is 26.2 Å². The van der Waals surface area contributed by atoms with Crippen molar-refractivity contribution in [3.8, 4) is 0 Å². The average Bonchev–Trinajstić information content (AvgIpc) is 2.39. The van der Waals surface area contributed by atoms with Crippen LogP contribution in [0.5, 0.6) is 0 Å². The number of carbonyl (C=O) groups is 1. The number of amides is 1. The van der Waals surface area contributed by atoms with E-state index in [1.807, 2.05) is 26.8 Å². The number of ether oxygens (including phenoxy) is 1. The third-order valence-corrected chi connectivity index (χ3v) is 3.20. The Labute approximate surface area is 130 Å². The van der Waals surface area contributed by atoms with Crippen molar-refractivity contribution in [3.05, 3.63) is 11.8 Å². The molecule has 0 aromatic rings. The van der Waals surface area contributed by atoms with Gasteiger partial charge < -0.3 is 14.7 Å². The molecule has 1 saturated carbocycles. The second-order valence-corrected chi connectivity index (χ2v) is 6.75. The molecule has 0 aromatic carbocycles. The van der Waals surface area contributed by atoms with Crippen molar-refractivity contribution >= 4 is 6.09 Å². The average molecular weight is 299 g/mol. The van der Waals surface area contributed by atoms with Crippen LogP contribution in [-0.2, 0) is 4.74 Å². The highest BCUT2D eigenvalue weighted by Crippen LogP contribution is 2.28. The van der Waals surface area contributed by atoms with Crippen LogP contribution in [0.25, 0.3) is 0 Å². The van der Waals surface area contributed by atoms with E-state index in [-0.39, 0.29) is 11.7 Å². The van der Waals surface area contributed by atoms with E-state index in [1.54, 1.807) is 14.1 Å². The van der Waals surface area contributed by atoms with Crippen LogP contribution in [0.3, 0.4) is 0 Å². The minimum absolute atomic E-state index is 0.299. The SMILES string of the molecule is CC/C=C(\O)C1CCCCC1.CN(C)C(=O)OC(C)(C)C. The second kappa shape index (κ2) is 9.69. The molecule has 1 aliphatic rings. The van der Waals surface area contributed by atoms with Gasteiger partial charge in [0.25, 0.3) is 0 Å². The fourth-order valence-electron chi connectivity index (χ4n) is 2.13. The standard InChI is InChI=1S/C10H18O.C7H15NO2/c1-2-6-10(11)9-7-4-3-5-8-9;1-7(2,3)10-6(9)8(4)5/h6,9,11H,2-5,7-8H2,1H3;1-5H3/b10-6-;. The van der Waals surface area contributed by atoms with E-state index in [0.29, 0.717) is 11.7 Å². The summed E-state index contributed by atoms with van der Waals surface area (Å²) in [6.45, 7) is 7.59. The number of hydrogen-bond acceptors (Lipinski definition) is 3. The normalized spacial score (nSPS) is 16.8. The number of carbonyl (C=O) groups excluding carboxylic acids is 1. The molecule has 4 heteroatoms. The molecule has 1 rings (SSSR count). The Morgan fingerprint density at radius 3 is 2.10 bits per heavy atom. The number of aliphatic hydroxyl groups excluding tert-OH is 1. The molecule has 1 aliphatic carbocycles. The van der Waals surface area contributed by atoms with Crippen LogP contribution in [0.15, 0.2) is 11.8 Å². The first kappa shape index (κ1) is 19.8. The van der Waals surface area contributed by atoms with Crippen LogP contribution >= 0.6 is 0 Å². The molecule has 1 amide bonds. The number of nitrogens with zero attached hydrogens (tertiary/aromatic N) is 1. The first-order valence-electron chi connectivity index (χ1n) is 7.96. The molecule has 124 valence electrons. The Kier molecular flexibility index (Phi) is 9.14. The van der Waals surface area contributed by atoms with Crippen LogP contribution in [0.4, 0.5) is 4.79 Å². The number of rotatable bonds is 2. The van der Waals surface area contributed by atoms with Gasteiger partial charge in [0, 0.05) is 20.0 Å². The zero-order valence-corrected chi connectivity index (χ0v) is 14.6. The highest BCUT2D eigenvalue weighted by molar-refractivity contribution is 5.67. The Bertz CT molecular complexity index is 323. The van der Waals surface area contributed by atoms with Crippen LogP contribution in [0, 0.1) is 5.92 Å². The molecule has 0 saturated heterocycles. The van der Waals surface area contributed by atoms with E-state index in [0.717, 1.165) is 6.42 Å². The molecule has 1 fully saturated rings. The molecule has 1 N–H and O–H groups in total. The third kappa shape index (κ3) is 10.2. The molecular weight excluding hydrogens is 266 g/mol. The maximum absolute atomic E-state index is 10.9. The van der Waals surface area contributed by atoms with Gasteiger partial charge in [-0.25, -0.2) is 4.79 Å². The molecule has 0 aliphatic heterocycles. The molecule has 0 spiro atoms. The minimum Gasteiger partial charge on any atom is -0.512 e. The number of hydrogen-bond donors (Lipinski definition) is 1. The lowest BCUT2D eigenvalue weighted by atomic mass is 9.87. The van der Waals surface area contributed by atoms with Crippen LogP contribution in [0.2, 0.25) is 0 Å². The van der Waals surface area contributed by atoms with Gasteiger partial charge in [-0.15, -0.1) is 0 Å². The highest BCUT2D eigenvalue weighted by atomic mass is 16.6. The van der Waals surface area contributed by atoms with Gasteiger partial charge in [0.2, 0.25) is 0 Å². The van der Waals surface area contributed by atoms with Crippen LogP contribution in [-0.4, -0.2) is 35.8 Å². The van der Waals surface area contributed by atoms with Gasteiger partial charge in [-0.2, -0.15) is 0 Å². The van der Waals surface area contributed by atoms with Gasteiger partial charge in [0.05, 0.1) is 5.76 Å². The molecule has 21 heavy (non-hydrogen) atoms. The summed E-state index contributed by atoms with van der Waals surface area (Å²) in [7, 11) is 3.32. The van der Waals surface area contributed by atoms with Gasteiger partial charge in [-0.05, 0) is 46.1 Å². The van der Waals surface area contributed by atoms with Crippen molar-refractivity contribution in [3.63, 3.8) is 0 Å². The lowest BCUT2D eigenvalue weighted by Gasteiger charge is -2.22. The van der Waals surface area contributed by atoms with Crippen molar-refractivity contribution < 1.29 is 14.6 Å². The summed E-state index contributed by atoms with van der Waals surface area (Å²) in [6.07, 6.45) is 8.96. The van der Waals surface area contributed by atoms with Gasteiger partial charge >= 0.3 is 6.09 Å². The molecule has 0 bridgehead atoms. The van der Waals surface area contributed by atoms with Crippen molar-refractivity contribution in [2.24, 2.45) is 5.92 Å². The number of aliphatic hydroxyl groups is 1. The molecule has 0 radical (unpaired) electrons. The third-order valence-electron chi connectivity index (χ3n) is 3.20. The van der Waals surface area contributed by atoms with Gasteiger partial charge in [0.15, 0.2) is 0 Å². The fraction of sp³-hybridized carbons (Fsp3) is 0.824. The van der Waals surface area contributed by atoms with Gasteiger partial charge in [-0.3, -0.25) is 0 Å². The van der Waals surface area contributed by atoms with E-state index in [9.17, 15) is 9.90 Å². The maximum atomic E-state index is 10.9. The van der Waals surface area contributed by atoms with Crippen molar-refractivity contribution in [2.75, 3.05) is 14.1 Å². The summed E-state index contributed by atoms with van der Waals surface area (Å²) in [5.74, 6) is 1.14. The molecule has 4 nitrogen and oxygen atoms in total. The predicted octanol–water partition coefficient (Wildman–Crippen LogP) is 4.90. The first-order valence-corrected chi connectivity index (χ1v) is 7.96. The van der Waals surface area contributed by atoms with Crippen LogP contribution in [0.1, 0.15) is 66.2 Å². The first-order chi connectivity index (χ1) is 9.67. The molecule has 0 unspecified atom stereocenters. The van der Waals surface area contributed by atoms with E-state index in [4.69, 9.17) is 4.74 Å². The highest BCUT2D eigenvalue weighted by Gasteiger charge is 2.17. The van der Waals surface area contributed by atoms with E-state index in [2.05, 4.69) is 6.92 Å². The zero-order valence-electron chi connectivity index (χ0n) is 14.6. The zero-order chi connectivity index (χ0) is 16.5. The second-order valence-electron chi connectivity index (χ2n) is 6.75. The minimum atomic E-state index is -0.388. The van der Waals surface area contributed by atoms with Crippen LogP contribution < -0.4 is 0 Å². The Morgan fingerprint density at radius 1 is 1.24 bits per heavy atom. The summed E-state index contributed by atoms with van der Waals surface area (Å²) >= 11 is 0. The quantitative estimate of drug-likeness (QED) is 0.738. The molecule has 0 heterocycles. The lowest BCUT2D eigenvalue weighted by Crippen LogP contribution is -2.31. The summed E-state index contributed by atoms with van der Waals surface area (Å²) in [5, 5.41) is 9.54. The van der Waals surface area contributed by atoms with E-state index < -0.39 is 0 Å².